The molecule has 232 valence electrons. The predicted octanol–water partition coefficient (Wildman–Crippen LogP) is 12.1. The molecule has 0 unspecified atom stereocenters. The van der Waals surface area contributed by atoms with Crippen molar-refractivity contribution in [2.45, 2.75) is 148 Å². The molecule has 0 bridgehead atoms. The van der Waals surface area contributed by atoms with Gasteiger partial charge in [0.1, 0.15) is 11.4 Å². The molecular formula is C39H58O3. The number of esters is 1. The van der Waals surface area contributed by atoms with Crippen molar-refractivity contribution in [2.75, 3.05) is 6.61 Å². The molecule has 0 aromatic heterocycles. The molecule has 3 nitrogen and oxygen atoms in total. The minimum Gasteiger partial charge on any atom is -0.493 e. The molecule has 0 aliphatic heterocycles. The van der Waals surface area contributed by atoms with Gasteiger partial charge >= 0.3 is 5.97 Å². The van der Waals surface area contributed by atoms with Crippen LogP contribution in [0.15, 0.2) is 54.6 Å². The molecule has 0 amide bonds. The highest BCUT2D eigenvalue weighted by molar-refractivity contribution is 6.00. The number of benzene rings is 3. The van der Waals surface area contributed by atoms with E-state index in [1.807, 2.05) is 20.8 Å². The predicted molar refractivity (Wildman–Crippen MR) is 181 cm³/mol. The van der Waals surface area contributed by atoms with Crippen molar-refractivity contribution in [1.82, 2.24) is 0 Å². The molecular weight excluding hydrogens is 516 g/mol. The van der Waals surface area contributed by atoms with Gasteiger partial charge in [-0.05, 0) is 68.0 Å². The van der Waals surface area contributed by atoms with Crippen LogP contribution < -0.4 is 4.74 Å². The first-order valence-corrected chi connectivity index (χ1v) is 17.2. The fraction of sp³-hybridized carbons (Fsp3) is 0.615. The van der Waals surface area contributed by atoms with Crippen molar-refractivity contribution < 1.29 is 14.3 Å². The van der Waals surface area contributed by atoms with E-state index in [0.29, 0.717) is 6.42 Å². The number of carbonyl (C=O) groups excluding carboxylic acids is 1. The molecule has 0 heterocycles. The maximum Gasteiger partial charge on any atom is 0.306 e. The van der Waals surface area contributed by atoms with E-state index < -0.39 is 0 Å². The van der Waals surface area contributed by atoms with Gasteiger partial charge in [0.15, 0.2) is 0 Å². The molecule has 3 heteroatoms. The summed E-state index contributed by atoms with van der Waals surface area (Å²) in [5.74, 6) is 0.966. The van der Waals surface area contributed by atoms with Gasteiger partial charge in [-0.3, -0.25) is 4.79 Å². The summed E-state index contributed by atoms with van der Waals surface area (Å²) in [6.45, 7) is 6.60. The molecule has 0 spiro atoms. The Labute approximate surface area is 256 Å². The second-order valence-electron chi connectivity index (χ2n) is 13.2. The molecule has 0 aliphatic carbocycles. The molecule has 42 heavy (non-hydrogen) atoms. The van der Waals surface area contributed by atoms with Crippen LogP contribution in [0.25, 0.3) is 21.5 Å². The van der Waals surface area contributed by atoms with E-state index in [0.717, 1.165) is 31.6 Å². The Morgan fingerprint density at radius 3 is 1.52 bits per heavy atom. The number of ether oxygens (including phenoxy) is 2. The summed E-state index contributed by atoms with van der Waals surface area (Å²) in [5, 5.41) is 5.03. The first-order valence-electron chi connectivity index (χ1n) is 17.2. The van der Waals surface area contributed by atoms with Gasteiger partial charge in [0.05, 0.1) is 6.61 Å². The number of carbonyl (C=O) groups is 1. The molecule has 0 radical (unpaired) electrons. The van der Waals surface area contributed by atoms with Crippen molar-refractivity contribution in [1.29, 1.82) is 0 Å². The van der Waals surface area contributed by atoms with Crippen LogP contribution >= 0.6 is 0 Å². The quantitative estimate of drug-likeness (QED) is 0.0680. The first-order chi connectivity index (χ1) is 20.4. The number of hydrogen-bond acceptors (Lipinski definition) is 3. The van der Waals surface area contributed by atoms with Crippen LogP contribution in [0.4, 0.5) is 0 Å². The van der Waals surface area contributed by atoms with Crippen molar-refractivity contribution in [2.24, 2.45) is 0 Å². The van der Waals surface area contributed by atoms with E-state index in [2.05, 4.69) is 54.6 Å². The third-order valence-electron chi connectivity index (χ3n) is 8.16. The van der Waals surface area contributed by atoms with Gasteiger partial charge in [0, 0.05) is 11.8 Å². The molecule has 0 saturated carbocycles. The highest BCUT2D eigenvalue weighted by Crippen LogP contribution is 2.30. The lowest BCUT2D eigenvalue weighted by atomic mass is 10.0. The number of fused-ring (bicyclic) bond motifs is 2. The van der Waals surface area contributed by atoms with E-state index in [1.165, 1.54) is 118 Å². The van der Waals surface area contributed by atoms with Gasteiger partial charge in [-0.1, -0.05) is 139 Å². The van der Waals surface area contributed by atoms with Crippen molar-refractivity contribution in [3.63, 3.8) is 0 Å². The largest absolute Gasteiger partial charge is 0.493 e. The molecule has 0 saturated heterocycles. The van der Waals surface area contributed by atoms with Crippen LogP contribution in [0.1, 0.15) is 143 Å². The third kappa shape index (κ3) is 14.1. The van der Waals surface area contributed by atoms with Crippen LogP contribution in [0.5, 0.6) is 5.75 Å². The average molecular weight is 575 g/mol. The topological polar surface area (TPSA) is 35.5 Å². The number of hydrogen-bond donors (Lipinski definition) is 0. The third-order valence-corrected chi connectivity index (χ3v) is 8.16. The van der Waals surface area contributed by atoms with Gasteiger partial charge in [-0.2, -0.15) is 0 Å². The Hall–Kier alpha value is -2.55. The Bertz CT molecular complexity index is 1160. The molecule has 3 rings (SSSR count). The molecule has 0 atom stereocenters. The van der Waals surface area contributed by atoms with Crippen LogP contribution in [0.2, 0.25) is 0 Å². The Morgan fingerprint density at radius 1 is 0.548 bits per heavy atom. The first kappa shape index (κ1) is 33.9. The van der Waals surface area contributed by atoms with E-state index in [1.54, 1.807) is 0 Å². The Morgan fingerprint density at radius 2 is 1.00 bits per heavy atom. The molecule has 3 aromatic rings. The summed E-state index contributed by atoms with van der Waals surface area (Å²) < 4.78 is 11.6. The van der Waals surface area contributed by atoms with E-state index in [-0.39, 0.29) is 11.6 Å². The van der Waals surface area contributed by atoms with Gasteiger partial charge in [0.25, 0.3) is 0 Å². The highest BCUT2D eigenvalue weighted by Gasteiger charge is 2.15. The van der Waals surface area contributed by atoms with Gasteiger partial charge in [-0.15, -0.1) is 0 Å². The van der Waals surface area contributed by atoms with Crippen LogP contribution in [0.3, 0.4) is 0 Å². The van der Waals surface area contributed by atoms with Gasteiger partial charge < -0.3 is 9.47 Å². The Kier molecular flexibility index (Phi) is 15.8. The molecule has 0 fully saturated rings. The maximum absolute atomic E-state index is 11.7. The Balaban J connectivity index is 1.06. The summed E-state index contributed by atoms with van der Waals surface area (Å²) in [4.78, 5) is 11.7. The summed E-state index contributed by atoms with van der Waals surface area (Å²) in [6.07, 6.45) is 24.2. The lowest BCUT2D eigenvalue weighted by molar-refractivity contribution is -0.154. The summed E-state index contributed by atoms with van der Waals surface area (Å²) in [7, 11) is 0. The van der Waals surface area contributed by atoms with Gasteiger partial charge in [-0.25, -0.2) is 0 Å². The number of unbranched alkanes of at least 4 members (excludes halogenated alkanes) is 17. The van der Waals surface area contributed by atoms with Crippen molar-refractivity contribution >= 4 is 27.5 Å². The van der Waals surface area contributed by atoms with Gasteiger partial charge in [0.2, 0.25) is 0 Å². The van der Waals surface area contributed by atoms with Crippen LogP contribution in [-0.4, -0.2) is 18.2 Å². The zero-order valence-electron chi connectivity index (χ0n) is 27.1. The zero-order valence-corrected chi connectivity index (χ0v) is 27.1. The monoisotopic (exact) mass is 574 g/mol. The molecule has 0 N–H and O–H groups in total. The minimum atomic E-state index is -0.356. The van der Waals surface area contributed by atoms with E-state index in [4.69, 9.17) is 9.47 Å². The smallest absolute Gasteiger partial charge is 0.306 e. The van der Waals surface area contributed by atoms with Crippen LogP contribution in [0, 0.1) is 0 Å². The summed E-state index contributed by atoms with van der Waals surface area (Å²) >= 11 is 0. The standard InChI is InChI=1S/C39H58O3/c1-39(2,3)42-38(40)29-20-18-16-14-12-10-8-6-4-5-7-9-11-13-15-17-19-23-30-41-37-28-24-27-35-31-33-25-21-22-26-34(33)32-36(35)37/h21-22,24-28,31-32H,4-20,23,29-30H2,1-3H3. The molecule has 0 aliphatic rings. The second-order valence-corrected chi connectivity index (χ2v) is 13.2. The summed E-state index contributed by atoms with van der Waals surface area (Å²) in [5.41, 5.74) is -0.356. The highest BCUT2D eigenvalue weighted by atomic mass is 16.6. The maximum atomic E-state index is 11.7. The van der Waals surface area contributed by atoms with Crippen molar-refractivity contribution in [3.05, 3.63) is 54.6 Å². The second kappa shape index (κ2) is 19.6. The average Bonchev–Trinajstić information content (AvgIpc) is 2.96. The van der Waals surface area contributed by atoms with E-state index in [9.17, 15) is 4.79 Å². The lowest BCUT2D eigenvalue weighted by Crippen LogP contribution is -2.23. The summed E-state index contributed by atoms with van der Waals surface area (Å²) in [6, 6.07) is 19.5. The fourth-order valence-electron chi connectivity index (χ4n) is 5.84. The lowest BCUT2D eigenvalue weighted by Gasteiger charge is -2.19. The van der Waals surface area contributed by atoms with Crippen molar-refractivity contribution in [3.8, 4) is 5.75 Å². The SMILES string of the molecule is CC(C)(C)OC(=O)CCCCCCCCCCCCCCCCCCCCOc1cccc2cc3ccccc3cc12. The zero-order chi connectivity index (χ0) is 29.9. The van der Waals surface area contributed by atoms with Crippen LogP contribution in [-0.2, 0) is 9.53 Å². The minimum absolute atomic E-state index is 0.0496. The van der Waals surface area contributed by atoms with E-state index >= 15 is 0 Å². The number of rotatable bonds is 22. The molecule has 3 aromatic carbocycles. The normalized spacial score (nSPS) is 11.8. The fourth-order valence-corrected chi connectivity index (χ4v) is 5.84.